The Morgan fingerprint density at radius 1 is 1.29 bits per heavy atom. The number of fused-ring (bicyclic) bond motifs is 1. The van der Waals surface area contributed by atoms with Crippen LogP contribution in [-0.2, 0) is 4.79 Å². The van der Waals surface area contributed by atoms with Crippen LogP contribution in [0.15, 0.2) is 5.10 Å². The highest BCUT2D eigenvalue weighted by atomic mass is 16.1. The third kappa shape index (κ3) is 1.90. The van der Waals surface area contributed by atoms with E-state index in [1.807, 2.05) is 0 Å². The number of hydrazone groups is 1. The van der Waals surface area contributed by atoms with Crippen LogP contribution in [0.25, 0.3) is 0 Å². The van der Waals surface area contributed by atoms with Gasteiger partial charge in [0.25, 0.3) is 0 Å². The van der Waals surface area contributed by atoms with Gasteiger partial charge in [0.1, 0.15) is 5.78 Å². The lowest BCUT2D eigenvalue weighted by molar-refractivity contribution is -0.126. The van der Waals surface area contributed by atoms with Gasteiger partial charge in [-0.25, -0.2) is 0 Å². The SMILES string of the molecule is CC1(C)CC(=O)C2C(C3CCCC3)=NNC2C1. The summed E-state index contributed by atoms with van der Waals surface area (Å²) < 4.78 is 0. The summed E-state index contributed by atoms with van der Waals surface area (Å²) in [5.41, 5.74) is 4.57. The van der Waals surface area contributed by atoms with E-state index in [2.05, 4.69) is 24.4 Å². The lowest BCUT2D eigenvalue weighted by Crippen LogP contribution is -2.46. The molecule has 2 unspecified atom stereocenters. The van der Waals surface area contributed by atoms with Gasteiger partial charge in [-0.2, -0.15) is 5.10 Å². The molecule has 0 spiro atoms. The molecular formula is C14H22N2O. The zero-order valence-corrected chi connectivity index (χ0v) is 10.8. The molecule has 1 N–H and O–H groups in total. The molecule has 2 saturated carbocycles. The molecule has 0 aromatic rings. The molecule has 0 bridgehead atoms. The summed E-state index contributed by atoms with van der Waals surface area (Å²) in [4.78, 5) is 12.3. The number of rotatable bonds is 1. The maximum Gasteiger partial charge on any atom is 0.144 e. The van der Waals surface area contributed by atoms with Crippen molar-refractivity contribution in [3.05, 3.63) is 0 Å². The van der Waals surface area contributed by atoms with E-state index in [1.165, 1.54) is 31.4 Å². The van der Waals surface area contributed by atoms with Crippen LogP contribution in [0.3, 0.4) is 0 Å². The molecule has 3 heteroatoms. The van der Waals surface area contributed by atoms with Gasteiger partial charge < -0.3 is 5.43 Å². The number of carbonyl (C=O) groups is 1. The lowest BCUT2D eigenvalue weighted by Gasteiger charge is -2.36. The fourth-order valence-electron chi connectivity index (χ4n) is 3.88. The van der Waals surface area contributed by atoms with Crippen molar-refractivity contribution in [2.45, 2.75) is 58.4 Å². The normalized spacial score (nSPS) is 36.6. The summed E-state index contributed by atoms with van der Waals surface area (Å²) in [5.74, 6) is 1.11. The molecule has 0 amide bonds. The smallest absolute Gasteiger partial charge is 0.144 e. The molecule has 0 aromatic heterocycles. The van der Waals surface area contributed by atoms with Crippen LogP contribution < -0.4 is 5.43 Å². The fourth-order valence-corrected chi connectivity index (χ4v) is 3.88. The molecule has 0 radical (unpaired) electrons. The van der Waals surface area contributed by atoms with Gasteiger partial charge in [0.05, 0.1) is 17.7 Å². The molecular weight excluding hydrogens is 212 g/mol. The van der Waals surface area contributed by atoms with E-state index in [0.717, 1.165) is 12.8 Å². The van der Waals surface area contributed by atoms with Crippen LogP contribution in [0.4, 0.5) is 0 Å². The maximum atomic E-state index is 12.3. The molecule has 0 aromatic carbocycles. The first-order valence-corrected chi connectivity index (χ1v) is 6.92. The van der Waals surface area contributed by atoms with Gasteiger partial charge in [-0.1, -0.05) is 26.7 Å². The molecule has 3 rings (SSSR count). The predicted octanol–water partition coefficient (Wildman–Crippen LogP) is 2.51. The summed E-state index contributed by atoms with van der Waals surface area (Å²) in [7, 11) is 0. The predicted molar refractivity (Wildman–Crippen MR) is 67.8 cm³/mol. The second-order valence-electron chi connectivity index (χ2n) is 6.74. The third-order valence-electron chi connectivity index (χ3n) is 4.63. The Labute approximate surface area is 103 Å². The topological polar surface area (TPSA) is 41.5 Å². The van der Waals surface area contributed by atoms with Crippen LogP contribution >= 0.6 is 0 Å². The Hall–Kier alpha value is -0.860. The summed E-state index contributed by atoms with van der Waals surface area (Å²) in [6.45, 7) is 4.38. The van der Waals surface area contributed by atoms with Gasteiger partial charge in [-0.3, -0.25) is 4.79 Å². The van der Waals surface area contributed by atoms with Crippen molar-refractivity contribution in [3.63, 3.8) is 0 Å². The first-order valence-electron chi connectivity index (χ1n) is 6.92. The molecule has 17 heavy (non-hydrogen) atoms. The molecule has 3 nitrogen and oxygen atoms in total. The van der Waals surface area contributed by atoms with Crippen LogP contribution in [0.2, 0.25) is 0 Å². The maximum absolute atomic E-state index is 12.3. The van der Waals surface area contributed by atoms with E-state index < -0.39 is 0 Å². The third-order valence-corrected chi connectivity index (χ3v) is 4.63. The van der Waals surface area contributed by atoms with Crippen LogP contribution in [0.1, 0.15) is 52.4 Å². The fraction of sp³-hybridized carbons (Fsp3) is 0.857. The van der Waals surface area contributed by atoms with Crippen LogP contribution in [0.5, 0.6) is 0 Å². The quantitative estimate of drug-likeness (QED) is 0.757. The van der Waals surface area contributed by atoms with E-state index in [-0.39, 0.29) is 17.4 Å². The second-order valence-corrected chi connectivity index (χ2v) is 6.74. The lowest BCUT2D eigenvalue weighted by atomic mass is 9.67. The molecule has 3 aliphatic rings. The number of carbonyl (C=O) groups excluding carboxylic acids is 1. The number of Topliss-reactive ketones (excluding diaryl/α,β-unsaturated/α-hetero) is 1. The van der Waals surface area contributed by atoms with E-state index in [9.17, 15) is 4.79 Å². The number of nitrogens with zero attached hydrogens (tertiary/aromatic N) is 1. The number of nitrogens with one attached hydrogen (secondary N) is 1. The van der Waals surface area contributed by atoms with Crippen molar-refractivity contribution < 1.29 is 4.79 Å². The molecule has 1 heterocycles. The van der Waals surface area contributed by atoms with Crippen molar-refractivity contribution in [3.8, 4) is 0 Å². The number of ketones is 1. The van der Waals surface area contributed by atoms with E-state index in [1.54, 1.807) is 0 Å². The Bertz CT molecular complexity index is 366. The highest BCUT2D eigenvalue weighted by molar-refractivity contribution is 6.08. The average molecular weight is 234 g/mol. The zero-order valence-electron chi connectivity index (χ0n) is 10.8. The Morgan fingerprint density at radius 3 is 2.71 bits per heavy atom. The van der Waals surface area contributed by atoms with E-state index in [0.29, 0.717) is 11.7 Å². The molecule has 2 fully saturated rings. The van der Waals surface area contributed by atoms with Crippen LogP contribution in [-0.4, -0.2) is 17.5 Å². The standard InChI is InChI=1S/C14H22N2O/c1-14(2)7-10-12(11(17)8-14)13(16-15-10)9-5-3-4-6-9/h9-10,12,15H,3-8H2,1-2H3. The Balaban J connectivity index is 1.80. The van der Waals surface area contributed by atoms with Crippen molar-refractivity contribution in [2.75, 3.05) is 0 Å². The largest absolute Gasteiger partial charge is 0.306 e. The zero-order chi connectivity index (χ0) is 12.0. The van der Waals surface area contributed by atoms with E-state index >= 15 is 0 Å². The summed E-state index contributed by atoms with van der Waals surface area (Å²) in [5, 5.41) is 4.52. The Kier molecular flexibility index (Phi) is 2.53. The van der Waals surface area contributed by atoms with Crippen molar-refractivity contribution in [1.82, 2.24) is 5.43 Å². The summed E-state index contributed by atoms with van der Waals surface area (Å²) >= 11 is 0. The van der Waals surface area contributed by atoms with Gasteiger partial charge >= 0.3 is 0 Å². The highest BCUT2D eigenvalue weighted by Gasteiger charge is 2.47. The minimum absolute atomic E-state index is 0.103. The molecule has 0 saturated heterocycles. The number of hydrogen-bond donors (Lipinski definition) is 1. The van der Waals surface area contributed by atoms with Crippen molar-refractivity contribution in [2.24, 2.45) is 22.4 Å². The summed E-state index contributed by atoms with van der Waals surface area (Å²) in [6, 6.07) is 0.279. The Morgan fingerprint density at radius 2 is 2.00 bits per heavy atom. The average Bonchev–Trinajstić information content (AvgIpc) is 2.81. The summed E-state index contributed by atoms with van der Waals surface area (Å²) in [6.07, 6.45) is 6.88. The molecule has 94 valence electrons. The number of hydrogen-bond acceptors (Lipinski definition) is 3. The van der Waals surface area contributed by atoms with Gasteiger partial charge in [0.2, 0.25) is 0 Å². The first-order chi connectivity index (χ1) is 8.07. The van der Waals surface area contributed by atoms with Crippen molar-refractivity contribution >= 4 is 11.5 Å². The van der Waals surface area contributed by atoms with Gasteiger partial charge in [-0.15, -0.1) is 0 Å². The first kappa shape index (κ1) is 11.2. The second kappa shape index (κ2) is 3.82. The van der Waals surface area contributed by atoms with Crippen LogP contribution in [0, 0.1) is 17.3 Å². The molecule has 1 aliphatic heterocycles. The van der Waals surface area contributed by atoms with Crippen molar-refractivity contribution in [1.29, 1.82) is 0 Å². The molecule has 2 aliphatic carbocycles. The minimum atomic E-state index is 0.103. The minimum Gasteiger partial charge on any atom is -0.306 e. The van der Waals surface area contributed by atoms with Gasteiger partial charge in [0.15, 0.2) is 0 Å². The monoisotopic (exact) mass is 234 g/mol. The molecule has 2 atom stereocenters. The van der Waals surface area contributed by atoms with E-state index in [4.69, 9.17) is 0 Å². The van der Waals surface area contributed by atoms with Gasteiger partial charge in [0, 0.05) is 6.42 Å². The highest BCUT2D eigenvalue weighted by Crippen LogP contribution is 2.41. The van der Waals surface area contributed by atoms with Gasteiger partial charge in [-0.05, 0) is 30.6 Å².